The van der Waals surface area contributed by atoms with Crippen molar-refractivity contribution >= 4 is 11.8 Å². The molecule has 0 aromatic carbocycles. The molecule has 0 saturated carbocycles. The van der Waals surface area contributed by atoms with Gasteiger partial charge in [-0.1, -0.05) is 6.92 Å². The Morgan fingerprint density at radius 2 is 2.20 bits per heavy atom. The predicted octanol–water partition coefficient (Wildman–Crippen LogP) is 1.02. The molecule has 0 spiro atoms. The molecule has 1 aromatic heterocycles. The summed E-state index contributed by atoms with van der Waals surface area (Å²) in [5, 5.41) is 12.6. The van der Waals surface area contributed by atoms with Gasteiger partial charge in [-0.05, 0) is 6.92 Å². The van der Waals surface area contributed by atoms with Gasteiger partial charge < -0.3 is 5.11 Å². The Labute approximate surface area is 87.7 Å². The zero-order valence-corrected chi connectivity index (χ0v) is 9.02. The van der Waals surface area contributed by atoms with Crippen molar-refractivity contribution in [2.45, 2.75) is 20.3 Å². The number of nitrogens with zero attached hydrogens (tertiary/aromatic N) is 2. The van der Waals surface area contributed by atoms with Gasteiger partial charge in [-0.15, -0.1) is 0 Å². The first-order valence-electron chi connectivity index (χ1n) is 4.68. The molecule has 82 valence electrons. The van der Waals surface area contributed by atoms with E-state index in [1.54, 1.807) is 31.8 Å². The van der Waals surface area contributed by atoms with Crippen molar-refractivity contribution in [2.24, 2.45) is 13.0 Å². The minimum absolute atomic E-state index is 0.146. The number of carbonyl (C=O) groups excluding carboxylic acids is 1. The Bertz CT molecular complexity index is 395. The Balaban J connectivity index is 2.84. The molecule has 0 aliphatic heterocycles. The number of ketones is 1. The molecule has 0 fully saturated rings. The molecule has 1 N–H and O–H groups in total. The third-order valence-electron chi connectivity index (χ3n) is 2.21. The molecule has 1 atom stereocenters. The highest BCUT2D eigenvalue weighted by Crippen LogP contribution is 2.14. The van der Waals surface area contributed by atoms with Gasteiger partial charge in [-0.3, -0.25) is 14.3 Å². The van der Waals surface area contributed by atoms with Crippen LogP contribution in [0.25, 0.3) is 0 Å². The Morgan fingerprint density at radius 3 is 2.60 bits per heavy atom. The van der Waals surface area contributed by atoms with Crippen LogP contribution in [-0.4, -0.2) is 26.6 Å². The lowest BCUT2D eigenvalue weighted by molar-refractivity contribution is -0.137. The number of aromatic nitrogens is 2. The Morgan fingerprint density at radius 1 is 1.60 bits per heavy atom. The van der Waals surface area contributed by atoms with Crippen LogP contribution in [-0.2, 0) is 11.8 Å². The first kappa shape index (κ1) is 11.4. The second-order valence-electron chi connectivity index (χ2n) is 3.67. The smallest absolute Gasteiger partial charge is 0.304 e. The normalized spacial score (nSPS) is 12.5. The summed E-state index contributed by atoms with van der Waals surface area (Å²) < 4.78 is 1.55. The minimum atomic E-state index is -0.961. The molecular formula is C10H14N2O3. The van der Waals surface area contributed by atoms with Crippen LogP contribution in [0.15, 0.2) is 6.20 Å². The van der Waals surface area contributed by atoms with E-state index in [2.05, 4.69) is 5.10 Å². The molecule has 5 heteroatoms. The zero-order valence-electron chi connectivity index (χ0n) is 9.02. The molecule has 0 aliphatic rings. The van der Waals surface area contributed by atoms with Crippen LogP contribution in [0.2, 0.25) is 0 Å². The second-order valence-corrected chi connectivity index (χ2v) is 3.67. The lowest BCUT2D eigenvalue weighted by atomic mass is 9.97. The Kier molecular flexibility index (Phi) is 3.24. The molecule has 15 heavy (non-hydrogen) atoms. The summed E-state index contributed by atoms with van der Waals surface area (Å²) in [5.74, 6) is -1.63. The first-order chi connectivity index (χ1) is 6.91. The van der Waals surface area contributed by atoms with E-state index in [4.69, 9.17) is 5.11 Å². The zero-order chi connectivity index (χ0) is 11.6. The summed E-state index contributed by atoms with van der Waals surface area (Å²) in [5.41, 5.74) is 1.14. The van der Waals surface area contributed by atoms with Gasteiger partial charge in [0.25, 0.3) is 0 Å². The minimum Gasteiger partial charge on any atom is -0.481 e. The maximum Gasteiger partial charge on any atom is 0.304 e. The maximum absolute atomic E-state index is 11.8. The van der Waals surface area contributed by atoms with Gasteiger partial charge in [-0.25, -0.2) is 0 Å². The van der Waals surface area contributed by atoms with Gasteiger partial charge in [0, 0.05) is 19.2 Å². The van der Waals surface area contributed by atoms with Gasteiger partial charge in [0.15, 0.2) is 5.78 Å². The number of hydrogen-bond acceptors (Lipinski definition) is 3. The molecule has 1 unspecified atom stereocenters. The lowest BCUT2D eigenvalue weighted by Gasteiger charge is -2.05. The van der Waals surface area contributed by atoms with Crippen molar-refractivity contribution in [3.8, 4) is 0 Å². The molecule has 0 radical (unpaired) electrons. The van der Waals surface area contributed by atoms with E-state index >= 15 is 0 Å². The number of carboxylic acid groups (broad SMARTS) is 1. The fourth-order valence-corrected chi connectivity index (χ4v) is 1.46. The van der Waals surface area contributed by atoms with E-state index in [-0.39, 0.29) is 12.2 Å². The number of aliphatic carboxylic acids is 1. The number of carbonyl (C=O) groups is 2. The third kappa shape index (κ3) is 2.65. The van der Waals surface area contributed by atoms with Crippen molar-refractivity contribution in [3.63, 3.8) is 0 Å². The van der Waals surface area contributed by atoms with Crippen LogP contribution in [0, 0.1) is 12.8 Å². The van der Waals surface area contributed by atoms with Crippen molar-refractivity contribution in [1.29, 1.82) is 0 Å². The van der Waals surface area contributed by atoms with Crippen molar-refractivity contribution < 1.29 is 14.7 Å². The highest BCUT2D eigenvalue weighted by molar-refractivity contribution is 5.99. The third-order valence-corrected chi connectivity index (χ3v) is 2.21. The molecule has 0 aliphatic carbocycles. The van der Waals surface area contributed by atoms with E-state index in [1.807, 2.05) is 0 Å². The summed E-state index contributed by atoms with van der Waals surface area (Å²) in [6, 6.07) is 0. The lowest BCUT2D eigenvalue weighted by Crippen LogP contribution is -2.15. The molecular weight excluding hydrogens is 196 g/mol. The maximum atomic E-state index is 11.8. The fraction of sp³-hybridized carbons (Fsp3) is 0.500. The standard InChI is InChI=1S/C10H14N2O3/c1-6(4-9(13)14)10(15)8-5-12(3)11-7(8)2/h5-6H,4H2,1-3H3,(H,13,14). The van der Waals surface area contributed by atoms with Crippen molar-refractivity contribution in [3.05, 3.63) is 17.5 Å². The van der Waals surface area contributed by atoms with E-state index in [1.165, 1.54) is 0 Å². The summed E-state index contributed by atoms with van der Waals surface area (Å²) in [7, 11) is 1.73. The molecule has 1 heterocycles. The summed E-state index contributed by atoms with van der Waals surface area (Å²) >= 11 is 0. The largest absolute Gasteiger partial charge is 0.481 e. The summed E-state index contributed by atoms with van der Waals surface area (Å²) in [6.45, 7) is 3.35. The van der Waals surface area contributed by atoms with E-state index in [9.17, 15) is 9.59 Å². The SMILES string of the molecule is Cc1nn(C)cc1C(=O)C(C)CC(=O)O. The van der Waals surface area contributed by atoms with E-state index < -0.39 is 11.9 Å². The Hall–Kier alpha value is -1.65. The summed E-state index contributed by atoms with van der Waals surface area (Å²) in [4.78, 5) is 22.3. The van der Waals surface area contributed by atoms with Crippen LogP contribution < -0.4 is 0 Å². The van der Waals surface area contributed by atoms with Gasteiger partial charge in [0.2, 0.25) is 0 Å². The van der Waals surface area contributed by atoms with Gasteiger partial charge in [0.05, 0.1) is 17.7 Å². The predicted molar refractivity (Wildman–Crippen MR) is 53.7 cm³/mol. The quantitative estimate of drug-likeness (QED) is 0.753. The van der Waals surface area contributed by atoms with E-state index in [0.29, 0.717) is 11.3 Å². The number of carboxylic acids is 1. The molecule has 1 aromatic rings. The molecule has 0 amide bonds. The molecule has 5 nitrogen and oxygen atoms in total. The number of rotatable bonds is 4. The van der Waals surface area contributed by atoms with Gasteiger partial charge in [-0.2, -0.15) is 5.10 Å². The van der Waals surface area contributed by atoms with E-state index in [0.717, 1.165) is 0 Å². The average Bonchev–Trinajstić information content (AvgIpc) is 2.42. The first-order valence-corrected chi connectivity index (χ1v) is 4.68. The molecule has 0 bridgehead atoms. The van der Waals surface area contributed by atoms with Crippen LogP contribution >= 0.6 is 0 Å². The van der Waals surface area contributed by atoms with Crippen molar-refractivity contribution in [1.82, 2.24) is 9.78 Å². The van der Waals surface area contributed by atoms with Crippen LogP contribution in [0.1, 0.15) is 29.4 Å². The topological polar surface area (TPSA) is 72.2 Å². The summed E-state index contributed by atoms with van der Waals surface area (Å²) in [6.07, 6.45) is 1.48. The average molecular weight is 210 g/mol. The second kappa shape index (κ2) is 4.25. The van der Waals surface area contributed by atoms with Crippen LogP contribution in [0.5, 0.6) is 0 Å². The molecule has 0 saturated heterocycles. The number of hydrogen-bond donors (Lipinski definition) is 1. The number of aryl methyl sites for hydroxylation is 2. The monoisotopic (exact) mass is 210 g/mol. The van der Waals surface area contributed by atoms with Crippen LogP contribution in [0.3, 0.4) is 0 Å². The highest BCUT2D eigenvalue weighted by atomic mass is 16.4. The fourth-order valence-electron chi connectivity index (χ4n) is 1.46. The highest BCUT2D eigenvalue weighted by Gasteiger charge is 2.21. The molecule has 1 rings (SSSR count). The number of Topliss-reactive ketones (excluding diaryl/α,β-unsaturated/α-hetero) is 1. The van der Waals surface area contributed by atoms with Gasteiger partial charge in [0.1, 0.15) is 0 Å². The van der Waals surface area contributed by atoms with Gasteiger partial charge >= 0.3 is 5.97 Å². The van der Waals surface area contributed by atoms with Crippen LogP contribution in [0.4, 0.5) is 0 Å². The van der Waals surface area contributed by atoms with Crippen molar-refractivity contribution in [2.75, 3.05) is 0 Å².